The summed E-state index contributed by atoms with van der Waals surface area (Å²) in [6.45, 7) is 12.3. The second-order valence-electron chi connectivity index (χ2n) is 7.34. The molecule has 0 aliphatic rings. The monoisotopic (exact) mass is 366 g/mol. The Kier molecular flexibility index (Phi) is 9.00. The summed E-state index contributed by atoms with van der Waals surface area (Å²) in [6.07, 6.45) is 1.31. The summed E-state index contributed by atoms with van der Waals surface area (Å²) in [5.41, 5.74) is 0.207. The lowest BCUT2D eigenvalue weighted by Gasteiger charge is -2.23. The molecule has 5 nitrogen and oxygen atoms in total. The molecular weight excluding hydrogens is 336 g/mol. The number of ether oxygens (including phenoxy) is 1. The highest BCUT2D eigenvalue weighted by atomic mass is 32.2. The summed E-state index contributed by atoms with van der Waals surface area (Å²) >= 11 is 1.68. The molecule has 0 fully saturated rings. The Morgan fingerprint density at radius 3 is 2.44 bits per heavy atom. The summed E-state index contributed by atoms with van der Waals surface area (Å²) in [4.78, 5) is 23.5. The molecule has 1 amide bonds. The van der Waals surface area contributed by atoms with Crippen LogP contribution >= 0.6 is 11.9 Å². The Balaban J connectivity index is 2.44. The van der Waals surface area contributed by atoms with Crippen molar-refractivity contribution in [2.75, 3.05) is 19.6 Å². The van der Waals surface area contributed by atoms with E-state index in [1.807, 2.05) is 45.0 Å². The van der Waals surface area contributed by atoms with E-state index in [1.54, 1.807) is 11.9 Å². The van der Waals surface area contributed by atoms with E-state index in [9.17, 15) is 9.59 Å². The van der Waals surface area contributed by atoms with Gasteiger partial charge in [-0.2, -0.15) is 0 Å². The Labute approximate surface area is 155 Å². The largest absolute Gasteiger partial charge is 0.444 e. The first-order valence-electron chi connectivity index (χ1n) is 8.64. The van der Waals surface area contributed by atoms with E-state index in [4.69, 9.17) is 4.74 Å². The van der Waals surface area contributed by atoms with Crippen LogP contribution in [0.5, 0.6) is 0 Å². The van der Waals surface area contributed by atoms with E-state index in [0.29, 0.717) is 18.0 Å². The van der Waals surface area contributed by atoms with E-state index in [0.717, 1.165) is 30.7 Å². The number of aldehydes is 1. The second-order valence-corrected chi connectivity index (χ2v) is 8.51. The van der Waals surface area contributed by atoms with Gasteiger partial charge in [-0.25, -0.2) is 9.10 Å². The maximum Gasteiger partial charge on any atom is 0.407 e. The average Bonchev–Trinajstić information content (AvgIpc) is 2.50. The van der Waals surface area contributed by atoms with Crippen LogP contribution in [0.2, 0.25) is 0 Å². The molecule has 1 aromatic carbocycles. The number of hydrogen-bond donors (Lipinski definition) is 1. The minimum Gasteiger partial charge on any atom is -0.444 e. The smallest absolute Gasteiger partial charge is 0.407 e. The number of nitrogens with one attached hydrogen (secondary N) is 1. The van der Waals surface area contributed by atoms with Crippen molar-refractivity contribution in [1.29, 1.82) is 0 Å². The van der Waals surface area contributed by atoms with Crippen LogP contribution in [0.3, 0.4) is 0 Å². The molecule has 0 saturated carbocycles. The minimum atomic E-state index is -0.475. The summed E-state index contributed by atoms with van der Waals surface area (Å²) < 4.78 is 7.52. The summed E-state index contributed by atoms with van der Waals surface area (Å²) in [5.74, 6) is 0.542. The van der Waals surface area contributed by atoms with Gasteiger partial charge in [0.25, 0.3) is 0 Å². The van der Waals surface area contributed by atoms with Gasteiger partial charge in [-0.05, 0) is 57.2 Å². The lowest BCUT2D eigenvalue weighted by atomic mass is 10.2. The van der Waals surface area contributed by atoms with Gasteiger partial charge in [0.05, 0.1) is 0 Å². The van der Waals surface area contributed by atoms with Crippen LogP contribution in [0, 0.1) is 5.92 Å². The first-order valence-corrected chi connectivity index (χ1v) is 9.42. The lowest BCUT2D eigenvalue weighted by Crippen LogP contribution is -2.34. The Morgan fingerprint density at radius 1 is 1.28 bits per heavy atom. The number of alkyl carbamates (subject to hydrolysis) is 1. The zero-order chi connectivity index (χ0) is 18.9. The normalized spacial score (nSPS) is 11.6. The van der Waals surface area contributed by atoms with Crippen LogP contribution in [0.4, 0.5) is 4.79 Å². The highest BCUT2D eigenvalue weighted by Gasteiger charge is 2.16. The standard InChI is InChI=1S/C19H30N2O3S/c1-15(2)13-21(25-17-9-7-16(14-22)8-10-17)12-6-11-20-18(23)24-19(3,4)5/h7-10,14-15H,6,11-13H2,1-5H3,(H,20,23). The average molecular weight is 367 g/mol. The van der Waals surface area contributed by atoms with Crippen molar-refractivity contribution in [2.45, 2.75) is 51.5 Å². The van der Waals surface area contributed by atoms with Crippen molar-refractivity contribution in [3.05, 3.63) is 29.8 Å². The number of amides is 1. The van der Waals surface area contributed by atoms with Gasteiger partial charge < -0.3 is 10.1 Å². The minimum absolute atomic E-state index is 0.375. The van der Waals surface area contributed by atoms with Gasteiger partial charge in [0.15, 0.2) is 0 Å². The molecule has 1 rings (SSSR count). The van der Waals surface area contributed by atoms with Gasteiger partial charge in [0.1, 0.15) is 11.9 Å². The number of carbonyl (C=O) groups is 2. The molecule has 0 spiro atoms. The molecule has 1 aromatic rings. The van der Waals surface area contributed by atoms with Crippen molar-refractivity contribution in [1.82, 2.24) is 9.62 Å². The van der Waals surface area contributed by atoms with Gasteiger partial charge in [0, 0.05) is 30.1 Å². The van der Waals surface area contributed by atoms with E-state index >= 15 is 0 Å². The zero-order valence-corrected chi connectivity index (χ0v) is 16.7. The third kappa shape index (κ3) is 10.1. The second kappa shape index (κ2) is 10.5. The molecule has 0 heterocycles. The molecule has 0 aromatic heterocycles. The number of nitrogens with zero attached hydrogens (tertiary/aromatic N) is 1. The van der Waals surface area contributed by atoms with Crippen molar-refractivity contribution in [2.24, 2.45) is 5.92 Å². The van der Waals surface area contributed by atoms with Gasteiger partial charge >= 0.3 is 6.09 Å². The molecule has 0 unspecified atom stereocenters. The van der Waals surface area contributed by atoms with Crippen molar-refractivity contribution < 1.29 is 14.3 Å². The van der Waals surface area contributed by atoms with E-state index < -0.39 is 5.60 Å². The van der Waals surface area contributed by atoms with Crippen molar-refractivity contribution in [3.63, 3.8) is 0 Å². The molecule has 0 bridgehead atoms. The topological polar surface area (TPSA) is 58.6 Å². The summed E-state index contributed by atoms with van der Waals surface area (Å²) in [6, 6.07) is 7.57. The third-order valence-corrected chi connectivity index (χ3v) is 4.14. The van der Waals surface area contributed by atoms with Gasteiger partial charge in [-0.3, -0.25) is 4.79 Å². The number of rotatable bonds is 9. The van der Waals surface area contributed by atoms with Gasteiger partial charge in [-0.15, -0.1) is 0 Å². The Hall–Kier alpha value is -1.53. The molecule has 0 atom stereocenters. The van der Waals surface area contributed by atoms with Gasteiger partial charge in [-0.1, -0.05) is 26.0 Å². The third-order valence-electron chi connectivity index (χ3n) is 3.07. The maximum atomic E-state index is 11.7. The molecule has 25 heavy (non-hydrogen) atoms. The van der Waals surface area contributed by atoms with Gasteiger partial charge in [0.2, 0.25) is 0 Å². The molecule has 0 radical (unpaired) electrons. The lowest BCUT2D eigenvalue weighted by molar-refractivity contribution is 0.0526. The maximum absolute atomic E-state index is 11.7. The predicted octanol–water partition coefficient (Wildman–Crippen LogP) is 4.38. The van der Waals surface area contributed by atoms with Crippen LogP contribution in [0.15, 0.2) is 29.2 Å². The van der Waals surface area contributed by atoms with Crippen LogP contribution in [0.25, 0.3) is 0 Å². The molecule has 0 saturated heterocycles. The first-order chi connectivity index (χ1) is 11.7. The predicted molar refractivity (Wildman–Crippen MR) is 103 cm³/mol. The van der Waals surface area contributed by atoms with Crippen LogP contribution < -0.4 is 5.32 Å². The zero-order valence-electron chi connectivity index (χ0n) is 15.9. The molecule has 0 aliphatic carbocycles. The van der Waals surface area contributed by atoms with Crippen LogP contribution in [-0.4, -0.2) is 41.9 Å². The SMILES string of the molecule is CC(C)CN(CCCNC(=O)OC(C)(C)C)Sc1ccc(C=O)cc1. The highest BCUT2D eigenvalue weighted by molar-refractivity contribution is 7.97. The molecule has 0 aliphatic heterocycles. The number of hydrogen-bond acceptors (Lipinski definition) is 5. The summed E-state index contributed by atoms with van der Waals surface area (Å²) in [5, 5.41) is 2.79. The van der Waals surface area contributed by atoms with Crippen LogP contribution in [0.1, 0.15) is 51.4 Å². The van der Waals surface area contributed by atoms with E-state index in [1.165, 1.54) is 0 Å². The summed E-state index contributed by atoms with van der Waals surface area (Å²) in [7, 11) is 0. The first kappa shape index (κ1) is 21.5. The molecule has 6 heteroatoms. The Morgan fingerprint density at radius 2 is 1.92 bits per heavy atom. The van der Waals surface area contributed by atoms with Crippen LogP contribution in [-0.2, 0) is 4.74 Å². The van der Waals surface area contributed by atoms with E-state index in [2.05, 4.69) is 23.5 Å². The highest BCUT2D eigenvalue weighted by Crippen LogP contribution is 2.24. The quantitative estimate of drug-likeness (QED) is 0.399. The Bertz CT molecular complexity index is 539. The molecule has 1 N–H and O–H groups in total. The number of benzene rings is 1. The fourth-order valence-corrected chi connectivity index (χ4v) is 3.25. The fourth-order valence-electron chi connectivity index (χ4n) is 2.10. The molecular formula is C19H30N2O3S. The molecule has 140 valence electrons. The fraction of sp³-hybridized carbons (Fsp3) is 0.579. The number of carbonyl (C=O) groups excluding carboxylic acids is 2. The van der Waals surface area contributed by atoms with E-state index in [-0.39, 0.29) is 6.09 Å². The van der Waals surface area contributed by atoms with Crippen molar-refractivity contribution >= 4 is 24.3 Å². The van der Waals surface area contributed by atoms with Crippen molar-refractivity contribution in [3.8, 4) is 0 Å².